The maximum Gasteiger partial charge on any atom is 0.124 e. The molecule has 2 rings (SSSR count). The van der Waals surface area contributed by atoms with Gasteiger partial charge < -0.3 is 10.1 Å². The Balaban J connectivity index is 2.12. The highest BCUT2D eigenvalue weighted by Crippen LogP contribution is 2.27. The maximum atomic E-state index is 6.20. The summed E-state index contributed by atoms with van der Waals surface area (Å²) in [5.74, 6) is 0.843. The molecule has 124 valence electrons. The Morgan fingerprint density at radius 2 is 1.78 bits per heavy atom. The van der Waals surface area contributed by atoms with Crippen LogP contribution in [0.15, 0.2) is 40.9 Å². The number of benzene rings is 2. The van der Waals surface area contributed by atoms with Crippen molar-refractivity contribution in [2.45, 2.75) is 39.5 Å². The van der Waals surface area contributed by atoms with Crippen LogP contribution in [0.5, 0.6) is 5.75 Å². The van der Waals surface area contributed by atoms with Crippen molar-refractivity contribution in [3.8, 4) is 5.75 Å². The van der Waals surface area contributed by atoms with Gasteiger partial charge >= 0.3 is 0 Å². The Morgan fingerprint density at radius 1 is 1.04 bits per heavy atom. The first kappa shape index (κ1) is 18.6. The van der Waals surface area contributed by atoms with Crippen molar-refractivity contribution < 1.29 is 4.74 Å². The number of ether oxygens (including phenoxy) is 1. The third kappa shape index (κ3) is 6.00. The van der Waals surface area contributed by atoms with Crippen LogP contribution in [-0.2, 0) is 13.2 Å². The fraction of sp³-hybridized carbons (Fsp3) is 0.333. The molecule has 0 fully saturated rings. The standard InChI is InChI=1S/C18H20BrCl2NO/c1-18(2,3)22-10-13-8-14(19)5-7-17(13)23-11-12-4-6-15(20)9-16(12)21/h4-9,22H,10-11H2,1-3H3. The summed E-state index contributed by atoms with van der Waals surface area (Å²) in [4.78, 5) is 0. The van der Waals surface area contributed by atoms with Crippen LogP contribution < -0.4 is 10.1 Å². The third-order valence-electron chi connectivity index (χ3n) is 3.23. The van der Waals surface area contributed by atoms with Crippen molar-refractivity contribution in [1.29, 1.82) is 0 Å². The lowest BCUT2D eigenvalue weighted by molar-refractivity contribution is 0.300. The first-order valence-corrected chi connectivity index (χ1v) is 8.90. The Hall–Kier alpha value is -0.740. The summed E-state index contributed by atoms with van der Waals surface area (Å²) in [7, 11) is 0. The molecule has 2 nitrogen and oxygen atoms in total. The predicted octanol–water partition coefficient (Wildman–Crippen LogP) is 6.22. The van der Waals surface area contributed by atoms with Crippen molar-refractivity contribution in [2.75, 3.05) is 0 Å². The largest absolute Gasteiger partial charge is 0.489 e. The second-order valence-electron chi connectivity index (χ2n) is 6.38. The number of nitrogens with one attached hydrogen (secondary N) is 1. The lowest BCUT2D eigenvalue weighted by Gasteiger charge is -2.22. The van der Waals surface area contributed by atoms with Crippen LogP contribution >= 0.6 is 39.1 Å². The monoisotopic (exact) mass is 415 g/mol. The van der Waals surface area contributed by atoms with E-state index in [1.165, 1.54) is 0 Å². The molecule has 0 aromatic heterocycles. The highest BCUT2D eigenvalue weighted by molar-refractivity contribution is 9.10. The van der Waals surface area contributed by atoms with E-state index in [0.717, 1.165) is 27.9 Å². The molecule has 2 aromatic rings. The molecule has 0 heterocycles. The Kier molecular flexibility index (Phi) is 6.38. The third-order valence-corrected chi connectivity index (χ3v) is 4.31. The van der Waals surface area contributed by atoms with Crippen LogP contribution in [-0.4, -0.2) is 5.54 Å². The minimum Gasteiger partial charge on any atom is -0.489 e. The van der Waals surface area contributed by atoms with E-state index in [4.69, 9.17) is 27.9 Å². The van der Waals surface area contributed by atoms with E-state index in [9.17, 15) is 0 Å². The summed E-state index contributed by atoms with van der Waals surface area (Å²) < 4.78 is 7.00. The van der Waals surface area contributed by atoms with Crippen LogP contribution in [0.4, 0.5) is 0 Å². The average Bonchev–Trinajstić information content (AvgIpc) is 2.45. The van der Waals surface area contributed by atoms with Gasteiger partial charge in [-0.2, -0.15) is 0 Å². The summed E-state index contributed by atoms with van der Waals surface area (Å²) in [6.45, 7) is 7.55. The molecule has 0 spiro atoms. The molecule has 5 heteroatoms. The van der Waals surface area contributed by atoms with Gasteiger partial charge in [0.05, 0.1) is 0 Å². The zero-order chi connectivity index (χ0) is 17.0. The van der Waals surface area contributed by atoms with Gasteiger partial charge in [0.1, 0.15) is 12.4 Å². The smallest absolute Gasteiger partial charge is 0.124 e. The molecule has 0 unspecified atom stereocenters. The first-order chi connectivity index (χ1) is 10.7. The van der Waals surface area contributed by atoms with E-state index in [-0.39, 0.29) is 5.54 Å². The van der Waals surface area contributed by atoms with Crippen molar-refractivity contribution in [3.63, 3.8) is 0 Å². The number of hydrogen-bond acceptors (Lipinski definition) is 2. The second-order valence-corrected chi connectivity index (χ2v) is 8.14. The summed E-state index contributed by atoms with van der Waals surface area (Å²) in [5.41, 5.74) is 2.05. The first-order valence-electron chi connectivity index (χ1n) is 7.35. The van der Waals surface area contributed by atoms with Crippen LogP contribution in [0.1, 0.15) is 31.9 Å². The van der Waals surface area contributed by atoms with Gasteiger partial charge in [0.25, 0.3) is 0 Å². The van der Waals surface area contributed by atoms with Gasteiger partial charge in [-0.1, -0.05) is 45.2 Å². The van der Waals surface area contributed by atoms with Gasteiger partial charge in [-0.15, -0.1) is 0 Å². The highest BCUT2D eigenvalue weighted by atomic mass is 79.9. The quantitative estimate of drug-likeness (QED) is 0.624. The summed E-state index contributed by atoms with van der Waals surface area (Å²) in [5, 5.41) is 4.72. The molecule has 0 aliphatic rings. The highest BCUT2D eigenvalue weighted by Gasteiger charge is 2.12. The topological polar surface area (TPSA) is 21.3 Å². The lowest BCUT2D eigenvalue weighted by atomic mass is 10.1. The number of halogens is 3. The summed E-state index contributed by atoms with van der Waals surface area (Å²) in [6.07, 6.45) is 0. The van der Waals surface area contributed by atoms with E-state index < -0.39 is 0 Å². The molecule has 2 aromatic carbocycles. The predicted molar refractivity (Wildman–Crippen MR) is 102 cm³/mol. The Bertz CT molecular complexity index is 683. The molecule has 0 amide bonds. The maximum absolute atomic E-state index is 6.20. The normalized spacial score (nSPS) is 11.6. The van der Waals surface area contributed by atoms with Crippen molar-refractivity contribution in [2.24, 2.45) is 0 Å². The van der Waals surface area contributed by atoms with Gasteiger partial charge in [0, 0.05) is 37.7 Å². The van der Waals surface area contributed by atoms with Gasteiger partial charge in [0.2, 0.25) is 0 Å². The fourth-order valence-corrected chi connectivity index (χ4v) is 2.85. The molecule has 0 saturated carbocycles. The number of hydrogen-bond donors (Lipinski definition) is 1. The van der Waals surface area contributed by atoms with Crippen LogP contribution in [0.25, 0.3) is 0 Å². The van der Waals surface area contributed by atoms with Crippen LogP contribution in [0.2, 0.25) is 10.0 Å². The van der Waals surface area contributed by atoms with E-state index in [0.29, 0.717) is 16.7 Å². The van der Waals surface area contributed by atoms with Gasteiger partial charge in [0.15, 0.2) is 0 Å². The average molecular weight is 417 g/mol. The molecule has 1 N–H and O–H groups in total. The molecule has 0 aliphatic carbocycles. The van der Waals surface area contributed by atoms with E-state index >= 15 is 0 Å². The van der Waals surface area contributed by atoms with Crippen molar-refractivity contribution in [1.82, 2.24) is 5.32 Å². The van der Waals surface area contributed by atoms with E-state index in [1.807, 2.05) is 24.3 Å². The van der Waals surface area contributed by atoms with E-state index in [2.05, 4.69) is 48.1 Å². The Morgan fingerprint density at radius 3 is 2.43 bits per heavy atom. The Labute approximate surface area is 156 Å². The molecule has 0 radical (unpaired) electrons. The minimum atomic E-state index is 0.0407. The molecule has 0 bridgehead atoms. The molecular weight excluding hydrogens is 397 g/mol. The van der Waals surface area contributed by atoms with Crippen molar-refractivity contribution >= 4 is 39.1 Å². The van der Waals surface area contributed by atoms with Gasteiger partial charge in [-0.25, -0.2) is 0 Å². The van der Waals surface area contributed by atoms with Crippen LogP contribution in [0.3, 0.4) is 0 Å². The van der Waals surface area contributed by atoms with Gasteiger partial charge in [-0.3, -0.25) is 0 Å². The lowest BCUT2D eigenvalue weighted by Crippen LogP contribution is -2.35. The number of rotatable bonds is 5. The molecule has 0 atom stereocenters. The second kappa shape index (κ2) is 7.89. The fourth-order valence-electron chi connectivity index (χ4n) is 1.98. The minimum absolute atomic E-state index is 0.0407. The zero-order valence-electron chi connectivity index (χ0n) is 13.4. The molecule has 23 heavy (non-hydrogen) atoms. The summed E-state index contributed by atoms with van der Waals surface area (Å²) in [6, 6.07) is 11.4. The van der Waals surface area contributed by atoms with Crippen LogP contribution in [0, 0.1) is 0 Å². The summed E-state index contributed by atoms with van der Waals surface area (Å²) >= 11 is 15.6. The molecule has 0 aliphatic heterocycles. The SMILES string of the molecule is CC(C)(C)NCc1cc(Br)ccc1OCc1ccc(Cl)cc1Cl. The molecule has 0 saturated heterocycles. The zero-order valence-corrected chi connectivity index (χ0v) is 16.5. The van der Waals surface area contributed by atoms with Gasteiger partial charge in [-0.05, 0) is 51.1 Å². The van der Waals surface area contributed by atoms with Crippen molar-refractivity contribution in [3.05, 3.63) is 62.0 Å². The molecular formula is C18H20BrCl2NO. The van der Waals surface area contributed by atoms with E-state index in [1.54, 1.807) is 6.07 Å².